The zero-order chi connectivity index (χ0) is 14.5. The van der Waals surface area contributed by atoms with Gasteiger partial charge < -0.3 is 10.5 Å². The van der Waals surface area contributed by atoms with Gasteiger partial charge in [-0.15, -0.1) is 0 Å². The minimum atomic E-state index is 0.377. The minimum absolute atomic E-state index is 0.377. The molecular weight excluding hydrogens is 252 g/mol. The summed E-state index contributed by atoms with van der Waals surface area (Å²) >= 11 is 0. The van der Waals surface area contributed by atoms with Crippen molar-refractivity contribution >= 4 is 5.69 Å². The maximum absolute atomic E-state index is 5.99. The van der Waals surface area contributed by atoms with Crippen LogP contribution in [0.3, 0.4) is 0 Å². The molecule has 108 valence electrons. The highest BCUT2D eigenvalue weighted by Crippen LogP contribution is 2.23. The first-order valence-corrected chi connectivity index (χ1v) is 6.98. The summed E-state index contributed by atoms with van der Waals surface area (Å²) in [5, 5.41) is 4.21. The van der Waals surface area contributed by atoms with E-state index in [1.807, 2.05) is 22.9 Å². The first-order valence-electron chi connectivity index (χ1n) is 6.98. The normalized spacial score (nSPS) is 11.0. The van der Waals surface area contributed by atoms with Crippen LogP contribution in [0.2, 0.25) is 0 Å². The van der Waals surface area contributed by atoms with Gasteiger partial charge in [-0.05, 0) is 30.0 Å². The van der Waals surface area contributed by atoms with E-state index in [1.54, 1.807) is 6.33 Å². The summed E-state index contributed by atoms with van der Waals surface area (Å²) in [6, 6.07) is 5.90. The predicted molar refractivity (Wildman–Crippen MR) is 79.4 cm³/mol. The zero-order valence-electron chi connectivity index (χ0n) is 12.3. The summed E-state index contributed by atoms with van der Waals surface area (Å²) in [6.45, 7) is 7.61. The third-order valence-electron chi connectivity index (χ3n) is 3.07. The average molecular weight is 274 g/mol. The van der Waals surface area contributed by atoms with Crippen LogP contribution < -0.4 is 10.5 Å². The van der Waals surface area contributed by atoms with Crippen LogP contribution in [0.25, 0.3) is 0 Å². The van der Waals surface area contributed by atoms with Crippen molar-refractivity contribution in [2.24, 2.45) is 5.92 Å². The van der Waals surface area contributed by atoms with Gasteiger partial charge in [-0.2, -0.15) is 5.10 Å². The molecule has 2 N–H and O–H groups in total. The molecule has 5 heteroatoms. The number of aromatic nitrogens is 3. The molecule has 0 spiro atoms. The molecule has 0 saturated carbocycles. The molecule has 0 aliphatic rings. The summed E-state index contributed by atoms with van der Waals surface area (Å²) in [7, 11) is 0. The number of rotatable bonds is 6. The molecule has 0 fully saturated rings. The molecule has 0 unspecified atom stereocenters. The molecule has 2 rings (SSSR count). The topological polar surface area (TPSA) is 66.0 Å². The highest BCUT2D eigenvalue weighted by molar-refractivity contribution is 5.54. The molecule has 0 aliphatic carbocycles. The van der Waals surface area contributed by atoms with Crippen molar-refractivity contribution in [3.05, 3.63) is 35.9 Å². The highest BCUT2D eigenvalue weighted by atomic mass is 16.5. The Hall–Kier alpha value is -2.04. The van der Waals surface area contributed by atoms with Crippen molar-refractivity contribution < 1.29 is 4.74 Å². The van der Waals surface area contributed by atoms with Crippen LogP contribution in [-0.4, -0.2) is 14.8 Å². The standard InChI is InChI=1S/C15H22N4O/c1-4-12-5-6-14(13(16)7-12)20-9-15-17-10-18-19(15)8-11(2)3/h5-7,10-11H,4,8-9,16H2,1-3H3. The number of ether oxygens (including phenoxy) is 1. The van der Waals surface area contributed by atoms with Crippen LogP contribution in [-0.2, 0) is 19.6 Å². The van der Waals surface area contributed by atoms with Crippen molar-refractivity contribution in [2.75, 3.05) is 5.73 Å². The fourth-order valence-corrected chi connectivity index (χ4v) is 1.99. The van der Waals surface area contributed by atoms with Crippen LogP contribution in [0, 0.1) is 5.92 Å². The second kappa shape index (κ2) is 6.41. The number of nitrogens with two attached hydrogens (primary N) is 1. The van der Waals surface area contributed by atoms with Gasteiger partial charge in [-0.3, -0.25) is 0 Å². The number of benzene rings is 1. The molecule has 0 radical (unpaired) electrons. The van der Waals surface area contributed by atoms with Gasteiger partial charge in [-0.25, -0.2) is 9.67 Å². The number of aryl methyl sites for hydroxylation is 1. The van der Waals surface area contributed by atoms with Crippen molar-refractivity contribution in [1.29, 1.82) is 0 Å². The maximum atomic E-state index is 5.99. The minimum Gasteiger partial charge on any atom is -0.483 e. The van der Waals surface area contributed by atoms with Crippen molar-refractivity contribution in [3.63, 3.8) is 0 Å². The van der Waals surface area contributed by atoms with Crippen LogP contribution >= 0.6 is 0 Å². The van der Waals surface area contributed by atoms with E-state index in [0.29, 0.717) is 24.0 Å². The number of hydrogen-bond acceptors (Lipinski definition) is 4. The molecule has 5 nitrogen and oxygen atoms in total. The first kappa shape index (κ1) is 14.4. The second-order valence-corrected chi connectivity index (χ2v) is 5.27. The summed E-state index contributed by atoms with van der Waals surface area (Å²) in [5.41, 5.74) is 7.86. The zero-order valence-corrected chi connectivity index (χ0v) is 12.3. The molecule has 0 amide bonds. The van der Waals surface area contributed by atoms with E-state index in [-0.39, 0.29) is 0 Å². The van der Waals surface area contributed by atoms with E-state index in [1.165, 1.54) is 5.56 Å². The summed E-state index contributed by atoms with van der Waals surface area (Å²) < 4.78 is 7.63. The van der Waals surface area contributed by atoms with E-state index in [0.717, 1.165) is 18.8 Å². The van der Waals surface area contributed by atoms with Gasteiger partial charge in [-0.1, -0.05) is 26.8 Å². The molecule has 20 heavy (non-hydrogen) atoms. The van der Waals surface area contributed by atoms with E-state index < -0.39 is 0 Å². The van der Waals surface area contributed by atoms with Gasteiger partial charge in [0.05, 0.1) is 5.69 Å². The third-order valence-corrected chi connectivity index (χ3v) is 3.07. The Morgan fingerprint density at radius 2 is 2.15 bits per heavy atom. The Morgan fingerprint density at radius 3 is 2.80 bits per heavy atom. The molecule has 2 aromatic rings. The van der Waals surface area contributed by atoms with E-state index in [2.05, 4.69) is 30.9 Å². The molecule has 0 bridgehead atoms. The van der Waals surface area contributed by atoms with Crippen LogP contribution in [0.15, 0.2) is 24.5 Å². The lowest BCUT2D eigenvalue weighted by Crippen LogP contribution is -2.12. The van der Waals surface area contributed by atoms with Gasteiger partial charge in [0.25, 0.3) is 0 Å². The lowest BCUT2D eigenvalue weighted by molar-refractivity contribution is 0.284. The maximum Gasteiger partial charge on any atom is 0.164 e. The SMILES string of the molecule is CCc1ccc(OCc2ncnn2CC(C)C)c(N)c1. The van der Waals surface area contributed by atoms with E-state index in [9.17, 15) is 0 Å². The van der Waals surface area contributed by atoms with Gasteiger partial charge in [0.1, 0.15) is 18.7 Å². The number of anilines is 1. The average Bonchev–Trinajstić information content (AvgIpc) is 2.83. The summed E-state index contributed by atoms with van der Waals surface area (Å²) in [4.78, 5) is 4.23. The Bertz CT molecular complexity index is 563. The van der Waals surface area contributed by atoms with E-state index in [4.69, 9.17) is 10.5 Å². The van der Waals surface area contributed by atoms with Crippen molar-refractivity contribution in [3.8, 4) is 5.75 Å². The van der Waals surface area contributed by atoms with Crippen molar-refractivity contribution in [2.45, 2.75) is 40.3 Å². The van der Waals surface area contributed by atoms with Gasteiger partial charge in [0.2, 0.25) is 0 Å². The van der Waals surface area contributed by atoms with Gasteiger partial charge >= 0.3 is 0 Å². The monoisotopic (exact) mass is 274 g/mol. The Kier molecular flexibility index (Phi) is 4.61. The lowest BCUT2D eigenvalue weighted by Gasteiger charge is -2.11. The Balaban J connectivity index is 2.03. The second-order valence-electron chi connectivity index (χ2n) is 5.27. The fourth-order valence-electron chi connectivity index (χ4n) is 1.99. The smallest absolute Gasteiger partial charge is 0.164 e. The fraction of sp³-hybridized carbons (Fsp3) is 0.467. The molecular formula is C15H22N4O. The Labute approximate surface area is 119 Å². The van der Waals surface area contributed by atoms with Crippen LogP contribution in [0.1, 0.15) is 32.2 Å². The molecule has 0 saturated heterocycles. The summed E-state index contributed by atoms with van der Waals surface area (Å²) in [5.74, 6) is 2.03. The number of nitrogens with zero attached hydrogens (tertiary/aromatic N) is 3. The van der Waals surface area contributed by atoms with Gasteiger partial charge in [0.15, 0.2) is 5.82 Å². The van der Waals surface area contributed by atoms with E-state index >= 15 is 0 Å². The molecule has 1 aromatic heterocycles. The lowest BCUT2D eigenvalue weighted by atomic mass is 10.1. The molecule has 1 heterocycles. The quantitative estimate of drug-likeness (QED) is 0.822. The van der Waals surface area contributed by atoms with Crippen molar-refractivity contribution in [1.82, 2.24) is 14.8 Å². The first-order chi connectivity index (χ1) is 9.60. The number of hydrogen-bond donors (Lipinski definition) is 1. The largest absolute Gasteiger partial charge is 0.483 e. The predicted octanol–water partition coefficient (Wildman–Crippen LogP) is 2.66. The third kappa shape index (κ3) is 3.50. The van der Waals surface area contributed by atoms with Gasteiger partial charge in [0, 0.05) is 6.54 Å². The van der Waals surface area contributed by atoms with Crippen LogP contribution in [0.5, 0.6) is 5.75 Å². The summed E-state index contributed by atoms with van der Waals surface area (Å²) in [6.07, 6.45) is 2.53. The molecule has 0 atom stereocenters. The molecule has 1 aromatic carbocycles. The van der Waals surface area contributed by atoms with Crippen LogP contribution in [0.4, 0.5) is 5.69 Å². The molecule has 0 aliphatic heterocycles. The Morgan fingerprint density at radius 1 is 1.35 bits per heavy atom. The number of nitrogen functional groups attached to an aromatic ring is 1. The highest BCUT2D eigenvalue weighted by Gasteiger charge is 2.08.